The average Bonchev–Trinajstić information content (AvgIpc) is 2.56. The van der Waals surface area contributed by atoms with Crippen molar-refractivity contribution in [1.82, 2.24) is 4.98 Å². The molecule has 2 nitrogen and oxygen atoms in total. The van der Waals surface area contributed by atoms with Crippen LogP contribution in [0.25, 0.3) is 0 Å². The van der Waals surface area contributed by atoms with E-state index in [-0.39, 0.29) is 0 Å². The summed E-state index contributed by atoms with van der Waals surface area (Å²) in [5.41, 5.74) is 5.50. The molecule has 0 aliphatic heterocycles. The van der Waals surface area contributed by atoms with Crippen LogP contribution in [0.3, 0.4) is 0 Å². The lowest BCUT2D eigenvalue weighted by molar-refractivity contribution is 1.25. The zero-order chi connectivity index (χ0) is 9.97. The highest BCUT2D eigenvalue weighted by molar-refractivity contribution is 9.11. The van der Waals surface area contributed by atoms with E-state index in [2.05, 4.69) is 27.0 Å². The second-order valence-electron chi connectivity index (χ2n) is 2.58. The fourth-order valence-electron chi connectivity index (χ4n) is 0.921. The first kappa shape index (κ1) is 10.0. The molecule has 72 valence electrons. The van der Waals surface area contributed by atoms with Crippen molar-refractivity contribution in [1.29, 1.82) is 0 Å². The minimum absolute atomic E-state index is 0.557. The number of nitrogens with two attached hydrogens (primary N) is 1. The third-order valence-corrected chi connectivity index (χ3v) is 4.26. The molecular weight excluding hydrogens is 280 g/mol. The molecular formula is C9H7BrN2S2. The molecule has 0 radical (unpaired) electrons. The smallest absolute Gasteiger partial charge is 0.123 e. The lowest BCUT2D eigenvalue weighted by Gasteiger charge is -1.97. The summed E-state index contributed by atoms with van der Waals surface area (Å²) in [7, 11) is 0. The Bertz CT molecular complexity index is 425. The molecule has 14 heavy (non-hydrogen) atoms. The molecule has 0 atom stereocenters. The fraction of sp³-hybridized carbons (Fsp3) is 0. The van der Waals surface area contributed by atoms with Crippen LogP contribution in [-0.2, 0) is 0 Å². The van der Waals surface area contributed by atoms with Gasteiger partial charge in [-0.2, -0.15) is 0 Å². The Morgan fingerprint density at radius 3 is 2.71 bits per heavy atom. The van der Waals surface area contributed by atoms with E-state index in [0.717, 1.165) is 8.68 Å². The molecule has 0 aliphatic rings. The van der Waals surface area contributed by atoms with Crippen LogP contribution in [0, 0.1) is 0 Å². The Hall–Kier alpha value is -0.520. The average molecular weight is 287 g/mol. The summed E-state index contributed by atoms with van der Waals surface area (Å²) in [6.07, 6.45) is 1.79. The van der Waals surface area contributed by atoms with E-state index in [1.54, 1.807) is 29.3 Å². The van der Waals surface area contributed by atoms with Crippen LogP contribution in [0.5, 0.6) is 0 Å². The SMILES string of the molecule is Nc1ccc(Sc2ccc(Br)s2)cn1. The summed E-state index contributed by atoms with van der Waals surface area (Å²) in [4.78, 5) is 5.14. The monoisotopic (exact) mass is 286 g/mol. The number of hydrogen-bond acceptors (Lipinski definition) is 4. The van der Waals surface area contributed by atoms with Crippen molar-refractivity contribution in [2.24, 2.45) is 0 Å². The van der Waals surface area contributed by atoms with Crippen molar-refractivity contribution in [2.75, 3.05) is 5.73 Å². The predicted molar refractivity (Wildman–Crippen MR) is 64.8 cm³/mol. The van der Waals surface area contributed by atoms with E-state index >= 15 is 0 Å². The van der Waals surface area contributed by atoms with Crippen LogP contribution in [0.15, 0.2) is 43.4 Å². The first-order valence-electron chi connectivity index (χ1n) is 3.89. The molecule has 0 saturated carbocycles. The molecule has 0 unspecified atom stereocenters. The van der Waals surface area contributed by atoms with Gasteiger partial charge in [0.1, 0.15) is 5.82 Å². The summed E-state index contributed by atoms with van der Waals surface area (Å²) >= 11 is 6.82. The highest BCUT2D eigenvalue weighted by atomic mass is 79.9. The standard InChI is InChI=1S/C9H7BrN2S2/c10-7-2-4-9(14-7)13-6-1-3-8(11)12-5-6/h1-5H,(H2,11,12). The number of pyridine rings is 1. The molecule has 0 aromatic carbocycles. The number of nitrogen functional groups attached to an aromatic ring is 1. The van der Waals surface area contributed by atoms with E-state index in [1.807, 2.05) is 18.2 Å². The van der Waals surface area contributed by atoms with Crippen molar-refractivity contribution in [3.05, 3.63) is 34.2 Å². The molecule has 0 saturated heterocycles. The zero-order valence-corrected chi connectivity index (χ0v) is 10.3. The summed E-state index contributed by atoms with van der Waals surface area (Å²) in [6.45, 7) is 0. The van der Waals surface area contributed by atoms with E-state index < -0.39 is 0 Å². The van der Waals surface area contributed by atoms with Crippen molar-refractivity contribution >= 4 is 44.8 Å². The van der Waals surface area contributed by atoms with Crippen molar-refractivity contribution in [3.8, 4) is 0 Å². The van der Waals surface area contributed by atoms with Gasteiger partial charge in [-0.1, -0.05) is 11.8 Å². The third-order valence-electron chi connectivity index (χ3n) is 1.53. The maximum absolute atomic E-state index is 5.50. The van der Waals surface area contributed by atoms with E-state index in [9.17, 15) is 0 Å². The van der Waals surface area contributed by atoms with Gasteiger partial charge < -0.3 is 5.73 Å². The van der Waals surface area contributed by atoms with Gasteiger partial charge in [0.15, 0.2) is 0 Å². The quantitative estimate of drug-likeness (QED) is 0.916. The molecule has 2 heterocycles. The van der Waals surface area contributed by atoms with Gasteiger partial charge in [-0.05, 0) is 40.2 Å². The van der Waals surface area contributed by atoms with Crippen LogP contribution >= 0.6 is 39.0 Å². The van der Waals surface area contributed by atoms with Crippen LogP contribution in [0.4, 0.5) is 5.82 Å². The summed E-state index contributed by atoms with van der Waals surface area (Å²) in [5, 5.41) is 0. The normalized spacial score (nSPS) is 10.4. The van der Waals surface area contributed by atoms with Crippen molar-refractivity contribution in [3.63, 3.8) is 0 Å². The Labute approximate surface area is 98.7 Å². The molecule has 2 N–H and O–H groups in total. The van der Waals surface area contributed by atoms with E-state index in [4.69, 9.17) is 5.73 Å². The van der Waals surface area contributed by atoms with E-state index in [0.29, 0.717) is 5.82 Å². The first-order chi connectivity index (χ1) is 6.74. The number of anilines is 1. The second-order valence-corrected chi connectivity index (χ2v) is 6.42. The molecule has 5 heteroatoms. The number of rotatable bonds is 2. The van der Waals surface area contributed by atoms with Crippen molar-refractivity contribution in [2.45, 2.75) is 9.10 Å². The number of nitrogens with zero attached hydrogens (tertiary/aromatic N) is 1. The topological polar surface area (TPSA) is 38.9 Å². The van der Waals surface area contributed by atoms with Gasteiger partial charge in [0.2, 0.25) is 0 Å². The summed E-state index contributed by atoms with van der Waals surface area (Å²) < 4.78 is 2.38. The number of aromatic nitrogens is 1. The lowest BCUT2D eigenvalue weighted by Crippen LogP contribution is -1.87. The zero-order valence-electron chi connectivity index (χ0n) is 7.11. The maximum Gasteiger partial charge on any atom is 0.123 e. The molecule has 2 aromatic rings. The Kier molecular flexibility index (Phi) is 3.10. The van der Waals surface area contributed by atoms with Gasteiger partial charge in [-0.15, -0.1) is 11.3 Å². The largest absolute Gasteiger partial charge is 0.384 e. The maximum atomic E-state index is 5.50. The fourth-order valence-corrected chi connectivity index (χ4v) is 3.70. The summed E-state index contributed by atoms with van der Waals surface area (Å²) in [6, 6.07) is 7.90. The van der Waals surface area contributed by atoms with E-state index in [1.165, 1.54) is 4.21 Å². The van der Waals surface area contributed by atoms with Gasteiger partial charge in [0, 0.05) is 11.1 Å². The number of halogens is 1. The highest BCUT2D eigenvalue weighted by Gasteiger charge is 2.00. The third kappa shape index (κ3) is 2.50. The number of hydrogen-bond donors (Lipinski definition) is 1. The molecule has 0 bridgehead atoms. The predicted octanol–water partition coefficient (Wildman–Crippen LogP) is 3.64. The summed E-state index contributed by atoms with van der Waals surface area (Å²) in [5.74, 6) is 0.557. The first-order valence-corrected chi connectivity index (χ1v) is 6.31. The second kappa shape index (κ2) is 4.33. The van der Waals surface area contributed by atoms with Gasteiger partial charge in [0.25, 0.3) is 0 Å². The van der Waals surface area contributed by atoms with Gasteiger partial charge >= 0.3 is 0 Å². The van der Waals surface area contributed by atoms with Gasteiger partial charge in [-0.25, -0.2) is 4.98 Å². The van der Waals surface area contributed by atoms with Gasteiger partial charge in [0.05, 0.1) is 8.00 Å². The van der Waals surface area contributed by atoms with Crippen LogP contribution < -0.4 is 5.73 Å². The minimum Gasteiger partial charge on any atom is -0.384 e. The highest BCUT2D eigenvalue weighted by Crippen LogP contribution is 2.35. The molecule has 0 amide bonds. The van der Waals surface area contributed by atoms with Crippen LogP contribution in [0.2, 0.25) is 0 Å². The molecule has 0 fully saturated rings. The molecule has 0 spiro atoms. The Morgan fingerprint density at radius 2 is 2.14 bits per heavy atom. The molecule has 0 aliphatic carbocycles. The number of thiophene rings is 1. The van der Waals surface area contributed by atoms with Crippen LogP contribution in [0.1, 0.15) is 0 Å². The van der Waals surface area contributed by atoms with Crippen LogP contribution in [-0.4, -0.2) is 4.98 Å². The minimum atomic E-state index is 0.557. The Balaban J connectivity index is 2.15. The van der Waals surface area contributed by atoms with Crippen molar-refractivity contribution < 1.29 is 0 Å². The Morgan fingerprint density at radius 1 is 1.29 bits per heavy atom. The molecule has 2 aromatic heterocycles. The lowest BCUT2D eigenvalue weighted by atomic mass is 10.5. The molecule has 2 rings (SSSR count). The van der Waals surface area contributed by atoms with Gasteiger partial charge in [-0.3, -0.25) is 0 Å².